The van der Waals surface area contributed by atoms with Gasteiger partial charge >= 0.3 is 0 Å². The second kappa shape index (κ2) is 7.58. The lowest BCUT2D eigenvalue weighted by Crippen LogP contribution is -2.44. The maximum absolute atomic E-state index is 13.1. The summed E-state index contributed by atoms with van der Waals surface area (Å²) in [6, 6.07) is 9.82. The summed E-state index contributed by atoms with van der Waals surface area (Å²) in [7, 11) is 0. The van der Waals surface area contributed by atoms with Crippen molar-refractivity contribution in [2.75, 3.05) is 6.54 Å². The smallest absolute Gasteiger partial charge is 0.249 e. The first-order chi connectivity index (χ1) is 12.7. The van der Waals surface area contributed by atoms with E-state index in [1.54, 1.807) is 0 Å². The Kier molecular flexibility index (Phi) is 5.02. The van der Waals surface area contributed by atoms with Gasteiger partial charge in [-0.1, -0.05) is 41.9 Å². The van der Waals surface area contributed by atoms with Gasteiger partial charge in [-0.2, -0.15) is 4.98 Å². The third-order valence-electron chi connectivity index (χ3n) is 5.61. The van der Waals surface area contributed by atoms with Crippen LogP contribution in [0.4, 0.5) is 0 Å². The van der Waals surface area contributed by atoms with Crippen molar-refractivity contribution in [1.29, 1.82) is 0 Å². The highest BCUT2D eigenvalue weighted by molar-refractivity contribution is 5.79. The summed E-state index contributed by atoms with van der Waals surface area (Å²) in [6.07, 6.45) is 6.77. The molecule has 1 aliphatic carbocycles. The van der Waals surface area contributed by atoms with E-state index in [-0.39, 0.29) is 23.9 Å². The number of hydrogen-bond acceptors (Lipinski definition) is 5. The van der Waals surface area contributed by atoms with Gasteiger partial charge in [0.2, 0.25) is 17.6 Å². The molecule has 26 heavy (non-hydrogen) atoms. The molecule has 0 spiro atoms. The SMILES string of the molecule is NC1CCCC(C(=O)N2CCCCC2c2nc(-c3ccccc3)no2)C1. The number of aromatic nitrogens is 2. The number of hydrogen-bond donors (Lipinski definition) is 1. The van der Waals surface area contributed by atoms with Crippen LogP contribution in [0.2, 0.25) is 0 Å². The van der Waals surface area contributed by atoms with Crippen molar-refractivity contribution >= 4 is 5.91 Å². The van der Waals surface area contributed by atoms with E-state index in [1.165, 1.54) is 0 Å². The molecular weight excluding hydrogens is 328 g/mol. The Labute approximate surface area is 153 Å². The van der Waals surface area contributed by atoms with E-state index in [2.05, 4.69) is 10.1 Å². The summed E-state index contributed by atoms with van der Waals surface area (Å²) < 4.78 is 5.57. The van der Waals surface area contributed by atoms with E-state index in [0.717, 1.165) is 57.1 Å². The molecule has 1 amide bonds. The molecule has 2 N–H and O–H groups in total. The van der Waals surface area contributed by atoms with Crippen molar-refractivity contribution in [2.45, 2.75) is 57.0 Å². The van der Waals surface area contributed by atoms with E-state index in [0.29, 0.717) is 11.7 Å². The fourth-order valence-corrected chi connectivity index (χ4v) is 4.21. The molecule has 2 fully saturated rings. The van der Waals surface area contributed by atoms with Crippen LogP contribution in [0, 0.1) is 5.92 Å². The van der Waals surface area contributed by atoms with Gasteiger partial charge in [-0.15, -0.1) is 0 Å². The molecule has 3 atom stereocenters. The molecule has 1 aliphatic heterocycles. The van der Waals surface area contributed by atoms with Crippen molar-refractivity contribution in [3.63, 3.8) is 0 Å². The molecule has 1 saturated carbocycles. The number of piperidine rings is 1. The monoisotopic (exact) mass is 354 g/mol. The van der Waals surface area contributed by atoms with Crippen LogP contribution in [0.15, 0.2) is 34.9 Å². The molecule has 4 rings (SSSR count). The Bertz CT molecular complexity index is 745. The summed E-state index contributed by atoms with van der Waals surface area (Å²) in [5, 5.41) is 4.14. The number of carbonyl (C=O) groups excluding carboxylic acids is 1. The van der Waals surface area contributed by atoms with Crippen LogP contribution in [0.5, 0.6) is 0 Å². The quantitative estimate of drug-likeness (QED) is 0.914. The highest BCUT2D eigenvalue weighted by Gasteiger charge is 2.36. The van der Waals surface area contributed by atoms with Gasteiger partial charge < -0.3 is 15.2 Å². The molecule has 1 aromatic carbocycles. The summed E-state index contributed by atoms with van der Waals surface area (Å²) in [5.74, 6) is 1.38. The summed E-state index contributed by atoms with van der Waals surface area (Å²) >= 11 is 0. The molecule has 2 aliphatic rings. The highest BCUT2D eigenvalue weighted by atomic mass is 16.5. The summed E-state index contributed by atoms with van der Waals surface area (Å²) in [6.45, 7) is 0.762. The van der Waals surface area contributed by atoms with Gasteiger partial charge in [0.25, 0.3) is 0 Å². The number of rotatable bonds is 3. The average Bonchev–Trinajstić information content (AvgIpc) is 3.18. The van der Waals surface area contributed by atoms with Crippen LogP contribution in [0.1, 0.15) is 56.9 Å². The first-order valence-electron chi connectivity index (χ1n) is 9.67. The largest absolute Gasteiger partial charge is 0.337 e. The van der Waals surface area contributed by atoms with Crippen LogP contribution in [-0.2, 0) is 4.79 Å². The predicted octanol–water partition coefficient (Wildman–Crippen LogP) is 3.31. The van der Waals surface area contributed by atoms with Crippen LogP contribution < -0.4 is 5.73 Å². The standard InChI is InChI=1S/C20H26N4O2/c21-16-10-6-9-15(13-16)20(25)24-12-5-4-11-17(24)19-22-18(23-26-19)14-7-2-1-3-8-14/h1-3,7-8,15-17H,4-6,9-13,21H2. The van der Waals surface area contributed by atoms with Gasteiger partial charge in [-0.25, -0.2) is 0 Å². The van der Waals surface area contributed by atoms with E-state index in [9.17, 15) is 4.79 Å². The molecule has 138 valence electrons. The van der Waals surface area contributed by atoms with Crippen molar-refractivity contribution in [1.82, 2.24) is 15.0 Å². The lowest BCUT2D eigenvalue weighted by atomic mass is 9.84. The number of carbonyl (C=O) groups is 1. The Morgan fingerprint density at radius 2 is 1.96 bits per heavy atom. The first-order valence-corrected chi connectivity index (χ1v) is 9.67. The number of nitrogens with zero attached hydrogens (tertiary/aromatic N) is 3. The first kappa shape index (κ1) is 17.2. The molecule has 6 heteroatoms. The number of likely N-dealkylation sites (tertiary alicyclic amines) is 1. The number of nitrogens with two attached hydrogens (primary N) is 1. The normalized spacial score (nSPS) is 26.7. The molecular formula is C20H26N4O2. The van der Waals surface area contributed by atoms with Crippen molar-refractivity contribution in [3.8, 4) is 11.4 Å². The predicted molar refractivity (Wildman–Crippen MR) is 98.0 cm³/mol. The molecule has 0 radical (unpaired) electrons. The van der Waals surface area contributed by atoms with Crippen LogP contribution in [0.25, 0.3) is 11.4 Å². The van der Waals surface area contributed by atoms with Crippen LogP contribution in [-0.4, -0.2) is 33.5 Å². The van der Waals surface area contributed by atoms with Crippen molar-refractivity contribution in [2.24, 2.45) is 11.7 Å². The van der Waals surface area contributed by atoms with Gasteiger partial charge in [-0.05, 0) is 38.5 Å². The zero-order valence-corrected chi connectivity index (χ0v) is 15.0. The number of amides is 1. The highest BCUT2D eigenvalue weighted by Crippen LogP contribution is 2.34. The maximum Gasteiger partial charge on any atom is 0.249 e. The molecule has 1 aromatic heterocycles. The average molecular weight is 354 g/mol. The van der Waals surface area contributed by atoms with E-state index >= 15 is 0 Å². The molecule has 3 unspecified atom stereocenters. The molecule has 2 aromatic rings. The summed E-state index contributed by atoms with van der Waals surface area (Å²) in [5.41, 5.74) is 7.02. The molecule has 0 bridgehead atoms. The minimum atomic E-state index is -0.112. The fraction of sp³-hybridized carbons (Fsp3) is 0.550. The second-order valence-electron chi connectivity index (χ2n) is 7.49. The van der Waals surface area contributed by atoms with Crippen molar-refractivity contribution in [3.05, 3.63) is 36.2 Å². The Morgan fingerprint density at radius 3 is 2.77 bits per heavy atom. The minimum Gasteiger partial charge on any atom is -0.337 e. The second-order valence-corrected chi connectivity index (χ2v) is 7.49. The van der Waals surface area contributed by atoms with Gasteiger partial charge in [0.15, 0.2) is 0 Å². The number of benzene rings is 1. The molecule has 1 saturated heterocycles. The Balaban J connectivity index is 1.54. The van der Waals surface area contributed by atoms with Gasteiger partial charge in [0.1, 0.15) is 6.04 Å². The zero-order valence-electron chi connectivity index (χ0n) is 15.0. The summed E-state index contributed by atoms with van der Waals surface area (Å²) in [4.78, 5) is 19.7. The third kappa shape index (κ3) is 3.51. The molecule has 6 nitrogen and oxygen atoms in total. The van der Waals surface area contributed by atoms with Crippen LogP contribution >= 0.6 is 0 Å². The molecule has 2 heterocycles. The minimum absolute atomic E-state index is 0.0378. The maximum atomic E-state index is 13.1. The van der Waals surface area contributed by atoms with E-state index in [1.807, 2.05) is 35.2 Å². The third-order valence-corrected chi connectivity index (χ3v) is 5.61. The van der Waals surface area contributed by atoms with Crippen LogP contribution in [0.3, 0.4) is 0 Å². The van der Waals surface area contributed by atoms with Gasteiger partial charge in [-0.3, -0.25) is 4.79 Å². The fourth-order valence-electron chi connectivity index (χ4n) is 4.21. The Hall–Kier alpha value is -2.21. The van der Waals surface area contributed by atoms with Crippen molar-refractivity contribution < 1.29 is 9.32 Å². The zero-order chi connectivity index (χ0) is 17.9. The van der Waals surface area contributed by atoms with E-state index < -0.39 is 0 Å². The lowest BCUT2D eigenvalue weighted by Gasteiger charge is -2.37. The lowest BCUT2D eigenvalue weighted by molar-refractivity contribution is -0.141. The topological polar surface area (TPSA) is 85.3 Å². The van der Waals surface area contributed by atoms with E-state index in [4.69, 9.17) is 10.3 Å². The Morgan fingerprint density at radius 1 is 1.12 bits per heavy atom. The van der Waals surface area contributed by atoms with Gasteiger partial charge in [0.05, 0.1) is 0 Å². The van der Waals surface area contributed by atoms with Gasteiger partial charge in [0, 0.05) is 24.1 Å².